The van der Waals surface area contributed by atoms with Crippen LogP contribution in [0.5, 0.6) is 0 Å². The molecule has 0 heterocycles. The molecule has 0 fully saturated rings. The van der Waals surface area contributed by atoms with E-state index in [2.05, 4.69) is 61.8 Å². The van der Waals surface area contributed by atoms with Gasteiger partial charge in [0.05, 0.1) is 0 Å². The minimum absolute atomic E-state index is 1.19. The molecular formula is C32H70N4. The highest BCUT2D eigenvalue weighted by atomic mass is 15.1. The van der Waals surface area contributed by atoms with Gasteiger partial charge in [0, 0.05) is 0 Å². The van der Waals surface area contributed by atoms with Crippen molar-refractivity contribution in [2.75, 3.05) is 81.1 Å². The average Bonchev–Trinajstić information content (AvgIpc) is 2.83. The molecule has 0 aliphatic carbocycles. The molecule has 0 unspecified atom stereocenters. The van der Waals surface area contributed by atoms with Gasteiger partial charge >= 0.3 is 0 Å². The average molecular weight is 511 g/mol. The highest BCUT2D eigenvalue weighted by Gasteiger charge is 2.04. The molecule has 36 heavy (non-hydrogen) atoms. The molecule has 0 rings (SSSR count). The van der Waals surface area contributed by atoms with Crippen molar-refractivity contribution in [2.24, 2.45) is 0 Å². The molecule has 0 aromatic carbocycles. The minimum atomic E-state index is 1.19. The van der Waals surface area contributed by atoms with E-state index in [1.54, 1.807) is 0 Å². The third-order valence-corrected chi connectivity index (χ3v) is 7.70. The van der Waals surface area contributed by atoms with Gasteiger partial charge in [-0.05, 0) is 107 Å². The van der Waals surface area contributed by atoms with E-state index in [-0.39, 0.29) is 0 Å². The lowest BCUT2D eigenvalue weighted by Gasteiger charge is -2.22. The number of hydrogen-bond acceptors (Lipinski definition) is 4. The van der Waals surface area contributed by atoms with Crippen LogP contribution in [-0.2, 0) is 0 Å². The molecule has 0 amide bonds. The summed E-state index contributed by atoms with van der Waals surface area (Å²) in [4.78, 5) is 9.84. The lowest BCUT2D eigenvalue weighted by atomic mass is 10.0. The smallest absolute Gasteiger partial charge is 0.000959 e. The van der Waals surface area contributed by atoms with Crippen LogP contribution >= 0.6 is 0 Å². The predicted octanol–water partition coefficient (Wildman–Crippen LogP) is 7.78. The maximum Gasteiger partial charge on any atom is -0.000959 e. The Morgan fingerprint density at radius 2 is 0.528 bits per heavy atom. The first-order chi connectivity index (χ1) is 17.5. The van der Waals surface area contributed by atoms with Crippen LogP contribution in [0, 0.1) is 0 Å². The van der Waals surface area contributed by atoms with E-state index in [9.17, 15) is 0 Å². The third kappa shape index (κ3) is 28.4. The summed E-state index contributed by atoms with van der Waals surface area (Å²) in [7, 11) is 11.2. The Morgan fingerprint density at radius 3 is 0.833 bits per heavy atom. The molecule has 4 heteroatoms. The SMILES string of the molecule is CCCCCCCCCCCCCCCCCCN(C)CCCN(C)CCCN(C)CCCN(C)C. The Bertz CT molecular complexity index is 415. The Morgan fingerprint density at radius 1 is 0.278 bits per heavy atom. The monoisotopic (exact) mass is 511 g/mol. The fourth-order valence-electron chi connectivity index (χ4n) is 5.14. The molecule has 0 radical (unpaired) electrons. The molecule has 0 aromatic rings. The molecule has 4 nitrogen and oxygen atoms in total. The Hall–Kier alpha value is -0.160. The molecule has 0 aliphatic heterocycles. The van der Waals surface area contributed by atoms with Gasteiger partial charge in [-0.2, -0.15) is 0 Å². The summed E-state index contributed by atoms with van der Waals surface area (Å²) in [5.41, 5.74) is 0. The van der Waals surface area contributed by atoms with Gasteiger partial charge in [0.25, 0.3) is 0 Å². The molecular weight excluding hydrogens is 440 g/mol. The predicted molar refractivity (Wildman–Crippen MR) is 164 cm³/mol. The Balaban J connectivity index is 3.33. The van der Waals surface area contributed by atoms with E-state index in [1.807, 2.05) is 0 Å². The molecule has 0 saturated heterocycles. The summed E-state index contributed by atoms with van der Waals surface area (Å²) in [5.74, 6) is 0. The topological polar surface area (TPSA) is 13.0 Å². The molecule has 0 spiro atoms. The van der Waals surface area contributed by atoms with E-state index in [0.717, 1.165) is 0 Å². The van der Waals surface area contributed by atoms with Crippen LogP contribution in [0.15, 0.2) is 0 Å². The van der Waals surface area contributed by atoms with E-state index in [0.29, 0.717) is 0 Å². The zero-order chi connectivity index (χ0) is 26.7. The number of hydrogen-bond donors (Lipinski definition) is 0. The second-order valence-electron chi connectivity index (χ2n) is 12.1. The van der Waals surface area contributed by atoms with Crippen LogP contribution in [0.1, 0.15) is 129 Å². The number of nitrogens with zero attached hydrogens (tertiary/aromatic N) is 4. The van der Waals surface area contributed by atoms with Gasteiger partial charge in [0.15, 0.2) is 0 Å². The summed E-state index contributed by atoms with van der Waals surface area (Å²) < 4.78 is 0. The molecule has 0 N–H and O–H groups in total. The number of rotatable bonds is 29. The standard InChI is InChI=1S/C32H70N4/c1-7-8-9-10-11-12-13-14-15-16-17-18-19-20-21-22-27-34(4)29-24-31-36(6)32-25-30-35(5)28-23-26-33(2)3/h7-32H2,1-6H3. The molecule has 0 saturated carbocycles. The summed E-state index contributed by atoms with van der Waals surface area (Å²) in [5, 5.41) is 0. The van der Waals surface area contributed by atoms with Gasteiger partial charge in [-0.1, -0.05) is 103 Å². The first kappa shape index (κ1) is 35.8. The van der Waals surface area contributed by atoms with Crippen LogP contribution in [0.3, 0.4) is 0 Å². The zero-order valence-corrected chi connectivity index (χ0v) is 26.2. The van der Waals surface area contributed by atoms with Gasteiger partial charge in [-0.15, -0.1) is 0 Å². The molecule has 0 aromatic heterocycles. The van der Waals surface area contributed by atoms with E-state index in [4.69, 9.17) is 0 Å². The summed E-state index contributed by atoms with van der Waals surface area (Å²) in [6, 6.07) is 0. The summed E-state index contributed by atoms with van der Waals surface area (Å²) in [6.45, 7) is 10.9. The zero-order valence-electron chi connectivity index (χ0n) is 26.2. The van der Waals surface area contributed by atoms with Crippen LogP contribution in [0.25, 0.3) is 0 Å². The summed E-state index contributed by atoms with van der Waals surface area (Å²) >= 11 is 0. The van der Waals surface area contributed by atoms with Gasteiger partial charge in [0.1, 0.15) is 0 Å². The van der Waals surface area contributed by atoms with E-state index < -0.39 is 0 Å². The fourth-order valence-corrected chi connectivity index (χ4v) is 5.14. The fraction of sp³-hybridized carbons (Fsp3) is 1.00. The van der Waals surface area contributed by atoms with Gasteiger partial charge in [-0.25, -0.2) is 0 Å². The third-order valence-electron chi connectivity index (χ3n) is 7.70. The lowest BCUT2D eigenvalue weighted by molar-refractivity contribution is 0.251. The van der Waals surface area contributed by atoms with Crippen molar-refractivity contribution in [3.8, 4) is 0 Å². The van der Waals surface area contributed by atoms with E-state index >= 15 is 0 Å². The van der Waals surface area contributed by atoms with Crippen LogP contribution in [-0.4, -0.2) is 101 Å². The first-order valence-electron chi connectivity index (χ1n) is 16.2. The Kier molecular flexibility index (Phi) is 27.7. The van der Waals surface area contributed by atoms with Gasteiger partial charge < -0.3 is 19.6 Å². The van der Waals surface area contributed by atoms with Crippen molar-refractivity contribution in [1.82, 2.24) is 19.6 Å². The maximum absolute atomic E-state index is 2.55. The highest BCUT2D eigenvalue weighted by Crippen LogP contribution is 2.13. The summed E-state index contributed by atoms with van der Waals surface area (Å²) in [6.07, 6.45) is 27.1. The van der Waals surface area contributed by atoms with Crippen molar-refractivity contribution < 1.29 is 0 Å². The maximum atomic E-state index is 2.55. The van der Waals surface area contributed by atoms with Crippen molar-refractivity contribution >= 4 is 0 Å². The second kappa shape index (κ2) is 27.9. The minimum Gasteiger partial charge on any atom is -0.309 e. The quantitative estimate of drug-likeness (QED) is 0.0952. The van der Waals surface area contributed by atoms with Crippen molar-refractivity contribution in [2.45, 2.75) is 129 Å². The van der Waals surface area contributed by atoms with Crippen LogP contribution < -0.4 is 0 Å². The Labute approximate surface area is 229 Å². The van der Waals surface area contributed by atoms with Crippen LogP contribution in [0.2, 0.25) is 0 Å². The van der Waals surface area contributed by atoms with Gasteiger partial charge in [0.2, 0.25) is 0 Å². The van der Waals surface area contributed by atoms with Crippen LogP contribution in [0.4, 0.5) is 0 Å². The normalized spacial score (nSPS) is 12.2. The second-order valence-corrected chi connectivity index (χ2v) is 12.1. The van der Waals surface area contributed by atoms with E-state index in [1.165, 1.54) is 168 Å². The number of unbranched alkanes of at least 4 members (excludes halogenated alkanes) is 15. The largest absolute Gasteiger partial charge is 0.309 e. The van der Waals surface area contributed by atoms with Crippen molar-refractivity contribution in [3.05, 3.63) is 0 Å². The van der Waals surface area contributed by atoms with Gasteiger partial charge in [-0.3, -0.25) is 0 Å². The molecule has 218 valence electrons. The van der Waals surface area contributed by atoms with Crippen molar-refractivity contribution in [3.63, 3.8) is 0 Å². The van der Waals surface area contributed by atoms with Crippen molar-refractivity contribution in [1.29, 1.82) is 0 Å². The molecule has 0 bridgehead atoms. The highest BCUT2D eigenvalue weighted by molar-refractivity contribution is 4.60. The molecule has 0 atom stereocenters. The first-order valence-corrected chi connectivity index (χ1v) is 16.2. The molecule has 0 aliphatic rings. The lowest BCUT2D eigenvalue weighted by Crippen LogP contribution is -2.29.